The van der Waals surface area contributed by atoms with Crippen molar-refractivity contribution >= 4 is 22.3 Å². The third-order valence-corrected chi connectivity index (χ3v) is 6.25. The third kappa shape index (κ3) is 3.96. The number of hydrogen-bond donors (Lipinski definition) is 2. The van der Waals surface area contributed by atoms with E-state index in [0.29, 0.717) is 5.39 Å². The molecule has 5 rings (SSSR count). The van der Waals surface area contributed by atoms with Crippen LogP contribution in [0.5, 0.6) is 0 Å². The van der Waals surface area contributed by atoms with E-state index < -0.39 is 11.7 Å². The molecule has 170 valence electrons. The molecule has 0 radical (unpaired) electrons. The summed E-state index contributed by atoms with van der Waals surface area (Å²) in [6.45, 7) is 0. The van der Waals surface area contributed by atoms with Crippen molar-refractivity contribution in [2.24, 2.45) is 0 Å². The molecule has 33 heavy (non-hydrogen) atoms. The molecule has 4 aromatic rings. The average molecular weight is 455 g/mol. The van der Waals surface area contributed by atoms with E-state index >= 15 is 0 Å². The summed E-state index contributed by atoms with van der Waals surface area (Å²) in [7, 11) is 0. The van der Waals surface area contributed by atoms with Crippen LogP contribution in [0, 0.1) is 0 Å². The lowest BCUT2D eigenvalue weighted by atomic mass is 9.82. The number of carbonyl (C=O) groups is 1. The van der Waals surface area contributed by atoms with Crippen LogP contribution in [0.4, 0.5) is 13.2 Å². The Labute approximate surface area is 185 Å². The first-order valence-electron chi connectivity index (χ1n) is 10.6. The zero-order chi connectivity index (χ0) is 23.2. The van der Waals surface area contributed by atoms with Crippen LogP contribution < -0.4 is 10.9 Å². The van der Waals surface area contributed by atoms with Crippen molar-refractivity contribution in [1.29, 1.82) is 0 Å². The number of pyridine rings is 1. The van der Waals surface area contributed by atoms with Crippen LogP contribution in [0.1, 0.15) is 53.3 Å². The van der Waals surface area contributed by atoms with Crippen LogP contribution in [-0.4, -0.2) is 31.5 Å². The quantitative estimate of drug-likeness (QED) is 0.488. The van der Waals surface area contributed by atoms with Crippen LogP contribution in [0.25, 0.3) is 16.4 Å². The molecule has 10 heteroatoms. The van der Waals surface area contributed by atoms with Crippen LogP contribution in [0.3, 0.4) is 0 Å². The summed E-state index contributed by atoms with van der Waals surface area (Å²) in [6.07, 6.45) is 1.05. The molecule has 1 aliphatic rings. The van der Waals surface area contributed by atoms with Crippen molar-refractivity contribution in [2.75, 3.05) is 0 Å². The van der Waals surface area contributed by atoms with E-state index in [1.54, 1.807) is 6.07 Å². The molecule has 0 unspecified atom stereocenters. The number of fused-ring (bicyclic) bond motifs is 2. The smallest absolute Gasteiger partial charge is 0.348 e. The molecule has 0 spiro atoms. The molecule has 0 bridgehead atoms. The molecule has 2 N–H and O–H groups in total. The summed E-state index contributed by atoms with van der Waals surface area (Å²) < 4.78 is 40.1. The first-order valence-corrected chi connectivity index (χ1v) is 10.6. The lowest BCUT2D eigenvalue weighted by Crippen LogP contribution is -2.38. The van der Waals surface area contributed by atoms with Gasteiger partial charge in [-0.2, -0.15) is 18.3 Å². The molecule has 0 saturated heterocycles. The highest BCUT2D eigenvalue weighted by Gasteiger charge is 2.31. The fraction of sp³-hybridized carbons (Fsp3) is 0.304. The van der Waals surface area contributed by atoms with E-state index in [0.717, 1.165) is 48.9 Å². The number of amides is 1. The van der Waals surface area contributed by atoms with Gasteiger partial charge in [-0.15, -0.1) is 0 Å². The molecule has 1 amide bonds. The second-order valence-electron chi connectivity index (χ2n) is 8.29. The van der Waals surface area contributed by atoms with E-state index in [-0.39, 0.29) is 34.8 Å². The van der Waals surface area contributed by atoms with Gasteiger partial charge in [0.05, 0.1) is 22.8 Å². The van der Waals surface area contributed by atoms with Gasteiger partial charge >= 0.3 is 6.18 Å². The third-order valence-electron chi connectivity index (χ3n) is 6.25. The number of aromatic amines is 1. The Morgan fingerprint density at radius 1 is 1.09 bits per heavy atom. The van der Waals surface area contributed by atoms with Gasteiger partial charge in [0.15, 0.2) is 0 Å². The second-order valence-corrected chi connectivity index (χ2v) is 8.29. The normalized spacial score (nSPS) is 19.1. The van der Waals surface area contributed by atoms with Crippen LogP contribution >= 0.6 is 0 Å². The molecular weight excluding hydrogens is 435 g/mol. The lowest BCUT2D eigenvalue weighted by molar-refractivity contribution is -0.137. The van der Waals surface area contributed by atoms with Gasteiger partial charge in [0, 0.05) is 23.5 Å². The van der Waals surface area contributed by atoms with Crippen LogP contribution in [0.15, 0.2) is 53.6 Å². The number of H-pyrrole nitrogens is 1. The molecule has 0 aliphatic heterocycles. The molecule has 1 fully saturated rings. The number of alkyl halides is 3. The summed E-state index contributed by atoms with van der Waals surface area (Å²) >= 11 is 0. The predicted octanol–water partition coefficient (Wildman–Crippen LogP) is 4.05. The Morgan fingerprint density at radius 3 is 2.55 bits per heavy atom. The summed E-state index contributed by atoms with van der Waals surface area (Å²) in [5, 5.41) is 11.3. The number of nitrogens with zero attached hydrogens (tertiary/aromatic N) is 3. The summed E-state index contributed by atoms with van der Waals surface area (Å²) in [5.41, 5.74) is 0.0843. The Kier molecular flexibility index (Phi) is 5.15. The fourth-order valence-corrected chi connectivity index (χ4v) is 4.54. The maximum atomic E-state index is 12.9. The van der Waals surface area contributed by atoms with E-state index in [2.05, 4.69) is 20.5 Å². The van der Waals surface area contributed by atoms with Gasteiger partial charge in [-0.05, 0) is 43.9 Å². The van der Waals surface area contributed by atoms with Gasteiger partial charge in [-0.3, -0.25) is 14.0 Å². The topological polar surface area (TPSA) is 92.1 Å². The van der Waals surface area contributed by atoms with Gasteiger partial charge in [0.1, 0.15) is 11.3 Å². The number of rotatable bonds is 3. The minimum atomic E-state index is -4.47. The van der Waals surface area contributed by atoms with Gasteiger partial charge in [-0.1, -0.05) is 18.2 Å². The van der Waals surface area contributed by atoms with Gasteiger partial charge < -0.3 is 5.32 Å². The summed E-state index contributed by atoms with van der Waals surface area (Å²) in [5.74, 6) is -0.213. The Morgan fingerprint density at radius 2 is 1.82 bits per heavy atom. The van der Waals surface area contributed by atoms with Crippen molar-refractivity contribution in [3.05, 3.63) is 76.1 Å². The van der Waals surface area contributed by atoms with Crippen molar-refractivity contribution in [2.45, 2.75) is 43.8 Å². The van der Waals surface area contributed by atoms with E-state index in [9.17, 15) is 22.8 Å². The molecule has 7 nitrogen and oxygen atoms in total. The maximum absolute atomic E-state index is 12.9. The Bertz CT molecular complexity index is 1400. The highest BCUT2D eigenvalue weighted by molar-refractivity contribution is 5.93. The molecule has 3 heterocycles. The Balaban J connectivity index is 1.28. The molecule has 1 aromatic carbocycles. The van der Waals surface area contributed by atoms with E-state index in [1.807, 2.05) is 18.2 Å². The van der Waals surface area contributed by atoms with Crippen LogP contribution in [-0.2, 0) is 6.18 Å². The lowest BCUT2D eigenvalue weighted by Gasteiger charge is -2.29. The largest absolute Gasteiger partial charge is 0.416 e. The van der Waals surface area contributed by atoms with Crippen molar-refractivity contribution in [3.8, 4) is 0 Å². The first kappa shape index (κ1) is 21.2. The number of hydrogen-bond acceptors (Lipinski definition) is 4. The Hall–Kier alpha value is -3.69. The van der Waals surface area contributed by atoms with E-state index in [1.165, 1.54) is 16.8 Å². The number of aromatic nitrogens is 4. The number of nitrogens with one attached hydrogen (secondary N) is 2. The second kappa shape index (κ2) is 8.02. The summed E-state index contributed by atoms with van der Waals surface area (Å²) in [6, 6.07) is 9.16. The van der Waals surface area contributed by atoms with Crippen molar-refractivity contribution in [3.63, 3.8) is 0 Å². The molecule has 1 aliphatic carbocycles. The minimum absolute atomic E-state index is 0.0645. The predicted molar refractivity (Wildman–Crippen MR) is 115 cm³/mol. The first-order chi connectivity index (χ1) is 15.8. The number of imidazole rings is 1. The standard InChI is InChI=1S/C23H20F3N5O2/c24-23(25,26)14-9-10-31-18(12-27-19(31)11-14)22(33)28-15-7-5-13(6-8-15)20-16-3-1-2-4-17(16)21(32)30-29-20/h1-4,9-13,15H,5-8H2,(H,28,33)(H,30,32)/t13-,15-. The van der Waals surface area contributed by atoms with Gasteiger partial charge in [0.2, 0.25) is 0 Å². The maximum Gasteiger partial charge on any atom is 0.416 e. The van der Waals surface area contributed by atoms with Crippen molar-refractivity contribution in [1.82, 2.24) is 24.9 Å². The number of halogens is 3. The highest BCUT2D eigenvalue weighted by Crippen LogP contribution is 2.34. The van der Waals surface area contributed by atoms with Crippen molar-refractivity contribution < 1.29 is 18.0 Å². The summed E-state index contributed by atoms with van der Waals surface area (Å²) in [4.78, 5) is 28.8. The zero-order valence-electron chi connectivity index (χ0n) is 17.4. The van der Waals surface area contributed by atoms with Gasteiger partial charge in [0.25, 0.3) is 11.5 Å². The average Bonchev–Trinajstić information content (AvgIpc) is 3.23. The molecular formula is C23H20F3N5O2. The fourth-order valence-electron chi connectivity index (χ4n) is 4.54. The SMILES string of the molecule is O=C(N[C@H]1CC[C@H](c2n[nH]c(=O)c3ccccc32)CC1)c1cnc2cc(C(F)(F)F)ccn12. The molecule has 1 saturated carbocycles. The number of benzene rings is 1. The molecule has 3 aromatic heterocycles. The van der Waals surface area contributed by atoms with Crippen LogP contribution in [0.2, 0.25) is 0 Å². The monoisotopic (exact) mass is 455 g/mol. The minimum Gasteiger partial charge on any atom is -0.348 e. The number of carbonyl (C=O) groups excluding carboxylic acids is 1. The highest BCUT2D eigenvalue weighted by atomic mass is 19.4. The van der Waals surface area contributed by atoms with Gasteiger partial charge in [-0.25, -0.2) is 10.1 Å². The van der Waals surface area contributed by atoms with E-state index in [4.69, 9.17) is 0 Å². The zero-order valence-corrected chi connectivity index (χ0v) is 17.4. The molecule has 0 atom stereocenters.